The molecule has 0 saturated heterocycles. The lowest BCUT2D eigenvalue weighted by atomic mass is 10.2. The van der Waals surface area contributed by atoms with E-state index in [0.717, 1.165) is 22.6 Å². The maximum absolute atomic E-state index is 12.0. The second kappa shape index (κ2) is 7.32. The van der Waals surface area contributed by atoms with Crippen LogP contribution in [0.3, 0.4) is 0 Å². The Balaban J connectivity index is 1.79. The zero-order valence-corrected chi connectivity index (χ0v) is 14.7. The van der Waals surface area contributed by atoms with Crippen LogP contribution in [-0.2, 0) is 0 Å². The number of nitrogens with one attached hydrogen (secondary N) is 1. The summed E-state index contributed by atoms with van der Waals surface area (Å²) >= 11 is 5.96. The summed E-state index contributed by atoms with van der Waals surface area (Å²) in [6.07, 6.45) is 4.78. The van der Waals surface area contributed by atoms with Crippen molar-refractivity contribution >= 4 is 23.7 Å². The summed E-state index contributed by atoms with van der Waals surface area (Å²) in [6.45, 7) is 4.03. The number of carbonyl (C=O) groups is 1. The van der Waals surface area contributed by atoms with Gasteiger partial charge in [0.15, 0.2) is 0 Å². The number of nitrogens with zero attached hydrogens (tertiary/aromatic N) is 3. The van der Waals surface area contributed by atoms with Crippen LogP contribution < -0.4 is 5.43 Å². The number of aromatic nitrogens is 2. The molecule has 3 rings (SSSR count). The van der Waals surface area contributed by atoms with Gasteiger partial charge in [-0.3, -0.25) is 9.78 Å². The molecule has 0 fully saturated rings. The number of hydrogen-bond acceptors (Lipinski definition) is 3. The number of carbonyl (C=O) groups excluding carboxylic acids is 1. The fourth-order valence-electron chi connectivity index (χ4n) is 2.63. The summed E-state index contributed by atoms with van der Waals surface area (Å²) in [5, 5.41) is 4.76. The highest BCUT2D eigenvalue weighted by Crippen LogP contribution is 2.21. The smallest absolute Gasteiger partial charge is 0.271 e. The van der Waals surface area contributed by atoms with Crippen molar-refractivity contribution in [3.05, 3.63) is 82.4 Å². The van der Waals surface area contributed by atoms with E-state index in [4.69, 9.17) is 11.6 Å². The van der Waals surface area contributed by atoms with E-state index in [1.54, 1.807) is 30.7 Å². The molecule has 0 atom stereocenters. The molecule has 1 aromatic carbocycles. The van der Waals surface area contributed by atoms with Gasteiger partial charge in [0.05, 0.1) is 6.21 Å². The van der Waals surface area contributed by atoms with Gasteiger partial charge >= 0.3 is 0 Å². The number of amides is 1. The van der Waals surface area contributed by atoms with Crippen molar-refractivity contribution in [2.45, 2.75) is 13.8 Å². The number of benzene rings is 1. The molecule has 5 nitrogen and oxygen atoms in total. The van der Waals surface area contributed by atoms with Crippen LogP contribution in [0.25, 0.3) is 5.69 Å². The van der Waals surface area contributed by atoms with Crippen LogP contribution >= 0.6 is 11.6 Å². The molecule has 0 unspecified atom stereocenters. The van der Waals surface area contributed by atoms with Crippen molar-refractivity contribution in [2.75, 3.05) is 0 Å². The Hall–Kier alpha value is -2.92. The molecule has 0 aliphatic heterocycles. The molecule has 2 aromatic heterocycles. The van der Waals surface area contributed by atoms with Gasteiger partial charge in [-0.2, -0.15) is 5.10 Å². The number of hydrogen-bond donors (Lipinski definition) is 1. The van der Waals surface area contributed by atoms with Crippen molar-refractivity contribution in [3.8, 4) is 5.69 Å². The number of halogens is 1. The van der Waals surface area contributed by atoms with E-state index < -0.39 is 0 Å². The molecule has 0 saturated carbocycles. The third-order valence-corrected chi connectivity index (χ3v) is 4.12. The summed E-state index contributed by atoms with van der Waals surface area (Å²) in [6, 6.07) is 12.9. The van der Waals surface area contributed by atoms with Gasteiger partial charge in [0.2, 0.25) is 0 Å². The molecule has 3 aromatic rings. The number of hydrazone groups is 1. The van der Waals surface area contributed by atoms with Crippen LogP contribution in [0.15, 0.2) is 60.0 Å². The van der Waals surface area contributed by atoms with Gasteiger partial charge in [-0.15, -0.1) is 0 Å². The van der Waals surface area contributed by atoms with Crippen LogP contribution in [0, 0.1) is 13.8 Å². The Labute approximate surface area is 151 Å². The van der Waals surface area contributed by atoms with Crippen LogP contribution in [0.5, 0.6) is 0 Å². The molecule has 1 amide bonds. The predicted octanol–water partition coefficient (Wildman–Crippen LogP) is 3.91. The van der Waals surface area contributed by atoms with E-state index >= 15 is 0 Å². The summed E-state index contributed by atoms with van der Waals surface area (Å²) in [5.41, 5.74) is 7.10. The van der Waals surface area contributed by atoms with E-state index in [1.165, 1.54) is 0 Å². The first-order valence-corrected chi connectivity index (χ1v) is 8.12. The molecular weight excluding hydrogens is 336 g/mol. The minimum absolute atomic E-state index is 0.273. The molecule has 0 spiro atoms. The lowest BCUT2D eigenvalue weighted by Gasteiger charge is -2.09. The summed E-state index contributed by atoms with van der Waals surface area (Å²) in [4.78, 5) is 15.9. The van der Waals surface area contributed by atoms with Crippen molar-refractivity contribution < 1.29 is 4.79 Å². The maximum atomic E-state index is 12.0. The molecule has 0 radical (unpaired) electrons. The van der Waals surface area contributed by atoms with Crippen molar-refractivity contribution in [1.82, 2.24) is 15.0 Å². The first-order chi connectivity index (χ1) is 12.1. The van der Waals surface area contributed by atoms with E-state index in [2.05, 4.69) is 20.1 Å². The van der Waals surface area contributed by atoms with Gasteiger partial charge in [-0.05, 0) is 56.3 Å². The SMILES string of the molecule is Cc1cc(/C=N/NC(=O)c2ccncc2)c(C)n1-c1ccc(Cl)cc1. The monoisotopic (exact) mass is 352 g/mol. The molecule has 0 bridgehead atoms. The highest BCUT2D eigenvalue weighted by molar-refractivity contribution is 6.30. The summed E-state index contributed by atoms with van der Waals surface area (Å²) in [7, 11) is 0. The van der Waals surface area contributed by atoms with Crippen LogP contribution in [0.2, 0.25) is 5.02 Å². The molecule has 0 aliphatic rings. The van der Waals surface area contributed by atoms with Gasteiger partial charge in [0.1, 0.15) is 0 Å². The van der Waals surface area contributed by atoms with Gasteiger partial charge in [0, 0.05) is 45.6 Å². The van der Waals surface area contributed by atoms with Crippen molar-refractivity contribution in [1.29, 1.82) is 0 Å². The fourth-order valence-corrected chi connectivity index (χ4v) is 2.76. The van der Waals surface area contributed by atoms with E-state index in [0.29, 0.717) is 10.6 Å². The topological polar surface area (TPSA) is 59.3 Å². The summed E-state index contributed by atoms with van der Waals surface area (Å²) < 4.78 is 2.11. The average Bonchev–Trinajstić information content (AvgIpc) is 2.90. The third kappa shape index (κ3) is 3.78. The zero-order chi connectivity index (χ0) is 17.8. The Kier molecular flexibility index (Phi) is 4.95. The number of rotatable bonds is 4. The lowest BCUT2D eigenvalue weighted by Crippen LogP contribution is -2.17. The van der Waals surface area contributed by atoms with Crippen molar-refractivity contribution in [2.24, 2.45) is 5.10 Å². The third-order valence-electron chi connectivity index (χ3n) is 3.87. The maximum Gasteiger partial charge on any atom is 0.271 e. The van der Waals surface area contributed by atoms with Crippen LogP contribution in [-0.4, -0.2) is 21.7 Å². The fraction of sp³-hybridized carbons (Fsp3) is 0.105. The lowest BCUT2D eigenvalue weighted by molar-refractivity contribution is 0.0955. The van der Waals surface area contributed by atoms with Gasteiger partial charge in [-0.25, -0.2) is 5.43 Å². The van der Waals surface area contributed by atoms with E-state index in [1.807, 2.05) is 44.2 Å². The van der Waals surface area contributed by atoms with Gasteiger partial charge in [-0.1, -0.05) is 11.6 Å². The highest BCUT2D eigenvalue weighted by Gasteiger charge is 2.09. The molecule has 0 aliphatic carbocycles. The van der Waals surface area contributed by atoms with Crippen molar-refractivity contribution in [3.63, 3.8) is 0 Å². The summed E-state index contributed by atoms with van der Waals surface area (Å²) in [5.74, 6) is -0.273. The predicted molar refractivity (Wildman–Crippen MR) is 99.6 cm³/mol. The molecule has 25 heavy (non-hydrogen) atoms. The second-order valence-corrected chi connectivity index (χ2v) is 6.01. The van der Waals surface area contributed by atoms with Gasteiger partial charge < -0.3 is 4.57 Å². The largest absolute Gasteiger partial charge is 0.318 e. The number of pyridine rings is 1. The minimum Gasteiger partial charge on any atom is -0.318 e. The van der Waals surface area contributed by atoms with E-state index in [9.17, 15) is 4.79 Å². The Morgan fingerprint density at radius 2 is 1.84 bits per heavy atom. The normalized spacial score (nSPS) is 11.0. The second-order valence-electron chi connectivity index (χ2n) is 5.57. The van der Waals surface area contributed by atoms with Crippen LogP contribution in [0.1, 0.15) is 27.3 Å². The Bertz CT molecular complexity index is 915. The Morgan fingerprint density at radius 1 is 1.16 bits per heavy atom. The van der Waals surface area contributed by atoms with Crippen LogP contribution in [0.4, 0.5) is 0 Å². The molecular formula is C19H17ClN4O. The molecule has 126 valence electrons. The molecule has 1 N–H and O–H groups in total. The standard InChI is InChI=1S/C19H17ClN4O/c1-13-11-16(12-22-23-19(25)15-7-9-21-10-8-15)14(2)24(13)18-5-3-17(20)4-6-18/h3-12H,1-2H3,(H,23,25)/b22-12+. The average molecular weight is 353 g/mol. The first kappa shape index (κ1) is 16.9. The number of aryl methyl sites for hydroxylation is 1. The zero-order valence-electron chi connectivity index (χ0n) is 13.9. The quantitative estimate of drug-likeness (QED) is 0.571. The van der Waals surface area contributed by atoms with E-state index in [-0.39, 0.29) is 5.91 Å². The molecule has 2 heterocycles. The Morgan fingerprint density at radius 3 is 2.52 bits per heavy atom. The highest BCUT2D eigenvalue weighted by atomic mass is 35.5. The molecule has 6 heteroatoms. The first-order valence-electron chi connectivity index (χ1n) is 7.74. The minimum atomic E-state index is -0.273. The van der Waals surface area contributed by atoms with Gasteiger partial charge in [0.25, 0.3) is 5.91 Å².